The summed E-state index contributed by atoms with van der Waals surface area (Å²) in [6.45, 7) is 3.03. The number of amides is 1. The van der Waals surface area contributed by atoms with Crippen molar-refractivity contribution in [2.75, 3.05) is 13.1 Å². The second-order valence-corrected chi connectivity index (χ2v) is 8.54. The van der Waals surface area contributed by atoms with Crippen LogP contribution in [0.3, 0.4) is 0 Å². The van der Waals surface area contributed by atoms with Crippen LogP contribution >= 0.6 is 0 Å². The number of imidazole rings is 1. The third-order valence-electron chi connectivity index (χ3n) is 6.59. The minimum absolute atomic E-state index is 0.0436. The van der Waals surface area contributed by atoms with Crippen LogP contribution in [-0.4, -0.2) is 54.4 Å². The Balaban J connectivity index is 1.31. The van der Waals surface area contributed by atoms with Crippen molar-refractivity contribution in [1.29, 1.82) is 0 Å². The molecule has 2 fully saturated rings. The minimum Gasteiger partial charge on any atom is -0.391 e. The van der Waals surface area contributed by atoms with Crippen LogP contribution in [0.15, 0.2) is 47.5 Å². The Hall–Kier alpha value is -3.00. The summed E-state index contributed by atoms with van der Waals surface area (Å²) in [5, 5.41) is 15.0. The van der Waals surface area contributed by atoms with Crippen LogP contribution in [0.1, 0.15) is 24.6 Å². The van der Waals surface area contributed by atoms with Crippen LogP contribution in [-0.2, 0) is 11.3 Å². The summed E-state index contributed by atoms with van der Waals surface area (Å²) in [6, 6.07) is 11.0. The van der Waals surface area contributed by atoms with Crippen molar-refractivity contribution in [2.24, 2.45) is 11.8 Å². The van der Waals surface area contributed by atoms with Gasteiger partial charge in [-0.05, 0) is 49.8 Å². The maximum atomic E-state index is 12.8. The number of benzene rings is 1. The van der Waals surface area contributed by atoms with Crippen LogP contribution in [0.5, 0.6) is 0 Å². The summed E-state index contributed by atoms with van der Waals surface area (Å²) in [6.07, 6.45) is 2.80. The summed E-state index contributed by atoms with van der Waals surface area (Å²) in [7, 11) is 0. The molecule has 3 aromatic rings. The molecular weight excluding hydrogens is 382 g/mol. The second kappa shape index (κ2) is 7.36. The molecule has 0 radical (unpaired) electrons. The Labute approximate surface area is 173 Å². The molecule has 0 spiro atoms. The Morgan fingerprint density at radius 3 is 2.73 bits per heavy atom. The molecular formula is C22H25N5O3. The fraction of sp³-hybridized carbons (Fsp3) is 0.455. The first-order chi connectivity index (χ1) is 14.5. The highest BCUT2D eigenvalue weighted by molar-refractivity contribution is 5.76. The van der Waals surface area contributed by atoms with E-state index in [1.54, 1.807) is 13.0 Å². The predicted molar refractivity (Wildman–Crippen MR) is 111 cm³/mol. The van der Waals surface area contributed by atoms with E-state index in [1.165, 1.54) is 10.7 Å². The Morgan fingerprint density at radius 2 is 1.90 bits per heavy atom. The number of para-hydroxylation sites is 2. The number of rotatable bonds is 3. The van der Waals surface area contributed by atoms with Gasteiger partial charge in [-0.25, -0.2) is 9.67 Å². The number of likely N-dealkylation sites (tertiary alicyclic amines) is 1. The SMILES string of the molecule is Cc1ccc(=O)n(CC(=O)N2C[C@H]3C[C@@H](n4cnc5ccccc54)[C@H](O)C[C@H]3C2)n1. The lowest BCUT2D eigenvalue weighted by atomic mass is 9.77. The molecule has 5 rings (SSSR count). The molecule has 0 bridgehead atoms. The zero-order valence-electron chi connectivity index (χ0n) is 16.9. The van der Waals surface area contributed by atoms with Crippen LogP contribution in [0.25, 0.3) is 11.0 Å². The van der Waals surface area contributed by atoms with Gasteiger partial charge in [-0.15, -0.1) is 0 Å². The van der Waals surface area contributed by atoms with Crippen molar-refractivity contribution in [3.8, 4) is 0 Å². The van der Waals surface area contributed by atoms with E-state index in [4.69, 9.17) is 0 Å². The molecule has 2 aliphatic rings. The van der Waals surface area contributed by atoms with E-state index in [-0.39, 0.29) is 30.0 Å². The lowest BCUT2D eigenvalue weighted by molar-refractivity contribution is -0.131. The number of aromatic nitrogens is 4. The number of hydrogen-bond acceptors (Lipinski definition) is 5. The van der Waals surface area contributed by atoms with Crippen LogP contribution in [0.2, 0.25) is 0 Å². The number of nitrogens with zero attached hydrogens (tertiary/aromatic N) is 5. The number of carbonyl (C=O) groups is 1. The lowest BCUT2D eigenvalue weighted by Gasteiger charge is -2.36. The van der Waals surface area contributed by atoms with Gasteiger partial charge in [0, 0.05) is 19.2 Å². The highest BCUT2D eigenvalue weighted by Gasteiger charge is 2.43. The van der Waals surface area contributed by atoms with Crippen LogP contribution in [0.4, 0.5) is 0 Å². The summed E-state index contributed by atoms with van der Waals surface area (Å²) in [5.41, 5.74) is 2.38. The first-order valence-corrected chi connectivity index (χ1v) is 10.4. The van der Waals surface area contributed by atoms with Crippen molar-refractivity contribution in [3.63, 3.8) is 0 Å². The normalized spacial score (nSPS) is 26.1. The van der Waals surface area contributed by atoms with Gasteiger partial charge >= 0.3 is 0 Å². The van der Waals surface area contributed by atoms with Crippen LogP contribution in [0, 0.1) is 18.8 Å². The highest BCUT2D eigenvalue weighted by Crippen LogP contribution is 2.42. The largest absolute Gasteiger partial charge is 0.391 e. The van der Waals surface area contributed by atoms with Crippen LogP contribution < -0.4 is 5.56 Å². The van der Waals surface area contributed by atoms with E-state index in [9.17, 15) is 14.7 Å². The quantitative estimate of drug-likeness (QED) is 0.708. The van der Waals surface area contributed by atoms with Gasteiger partial charge in [0.2, 0.25) is 5.91 Å². The molecule has 30 heavy (non-hydrogen) atoms. The number of hydrogen-bond donors (Lipinski definition) is 1. The zero-order chi connectivity index (χ0) is 20.8. The van der Waals surface area contributed by atoms with Gasteiger partial charge in [0.1, 0.15) is 6.54 Å². The molecule has 1 N–H and O–H groups in total. The fourth-order valence-corrected chi connectivity index (χ4v) is 5.04. The van der Waals surface area contributed by atoms with Crippen molar-refractivity contribution in [2.45, 2.75) is 38.5 Å². The number of aliphatic hydroxyl groups is 1. The van der Waals surface area contributed by atoms with E-state index in [0.717, 1.165) is 17.5 Å². The standard InChI is InChI=1S/C22H25N5O3/c1-14-6-7-21(29)27(24-14)12-22(30)25-10-15-8-19(20(28)9-16(15)11-25)26-13-23-17-4-2-3-5-18(17)26/h2-7,13,15-16,19-20,28H,8-12H2,1H3/t15-,16+,19-,20-/m1/s1. The molecule has 4 atom stereocenters. The number of aryl methyl sites for hydroxylation is 1. The fourth-order valence-electron chi connectivity index (χ4n) is 5.04. The van der Waals surface area contributed by atoms with Gasteiger partial charge in [-0.1, -0.05) is 12.1 Å². The minimum atomic E-state index is -0.472. The Kier molecular flexibility index (Phi) is 4.66. The molecule has 1 aromatic carbocycles. The van der Waals surface area contributed by atoms with Gasteiger partial charge in [-0.3, -0.25) is 9.59 Å². The topological polar surface area (TPSA) is 93.2 Å². The summed E-state index contributed by atoms with van der Waals surface area (Å²) >= 11 is 0. The van der Waals surface area contributed by atoms with Crippen molar-refractivity contribution < 1.29 is 9.90 Å². The second-order valence-electron chi connectivity index (χ2n) is 8.54. The molecule has 0 unspecified atom stereocenters. The first kappa shape index (κ1) is 19.0. The smallest absolute Gasteiger partial charge is 0.267 e. The third kappa shape index (κ3) is 3.31. The molecule has 1 saturated carbocycles. The first-order valence-electron chi connectivity index (χ1n) is 10.4. The monoisotopic (exact) mass is 407 g/mol. The summed E-state index contributed by atoms with van der Waals surface area (Å²) < 4.78 is 3.31. The molecule has 1 saturated heterocycles. The maximum Gasteiger partial charge on any atom is 0.267 e. The molecule has 1 aliphatic carbocycles. The number of carbonyl (C=O) groups excluding carboxylic acids is 1. The van der Waals surface area contributed by atoms with Gasteiger partial charge in [0.25, 0.3) is 5.56 Å². The Morgan fingerprint density at radius 1 is 1.13 bits per heavy atom. The Bertz CT molecular complexity index is 1150. The summed E-state index contributed by atoms with van der Waals surface area (Å²) in [4.78, 5) is 31.1. The number of aliphatic hydroxyl groups excluding tert-OH is 1. The van der Waals surface area contributed by atoms with Gasteiger partial charge < -0.3 is 14.6 Å². The average Bonchev–Trinajstić information content (AvgIpc) is 3.34. The molecule has 3 heterocycles. The van der Waals surface area contributed by atoms with E-state index >= 15 is 0 Å². The molecule has 156 valence electrons. The maximum absolute atomic E-state index is 12.8. The summed E-state index contributed by atoms with van der Waals surface area (Å²) in [5.74, 6) is 0.506. The molecule has 1 amide bonds. The lowest BCUT2D eigenvalue weighted by Crippen LogP contribution is -2.36. The highest BCUT2D eigenvalue weighted by atomic mass is 16.3. The van der Waals surface area contributed by atoms with Crippen molar-refractivity contribution in [1.82, 2.24) is 24.2 Å². The van der Waals surface area contributed by atoms with Crippen molar-refractivity contribution >= 4 is 16.9 Å². The van der Waals surface area contributed by atoms with E-state index in [2.05, 4.69) is 14.6 Å². The third-order valence-corrected chi connectivity index (χ3v) is 6.59. The van der Waals surface area contributed by atoms with Gasteiger partial charge in [0.05, 0.1) is 35.2 Å². The van der Waals surface area contributed by atoms with Gasteiger partial charge in [-0.2, -0.15) is 5.10 Å². The molecule has 8 nitrogen and oxygen atoms in total. The van der Waals surface area contributed by atoms with Crippen molar-refractivity contribution in [3.05, 3.63) is 58.8 Å². The molecule has 1 aliphatic heterocycles. The van der Waals surface area contributed by atoms with E-state index < -0.39 is 6.10 Å². The predicted octanol–water partition coefficient (Wildman–Crippen LogP) is 1.37. The average molecular weight is 407 g/mol. The van der Waals surface area contributed by atoms with Gasteiger partial charge in [0.15, 0.2) is 0 Å². The van der Waals surface area contributed by atoms with E-state index in [1.807, 2.05) is 35.5 Å². The number of fused-ring (bicyclic) bond motifs is 2. The zero-order valence-corrected chi connectivity index (χ0v) is 16.9. The van der Waals surface area contributed by atoms with E-state index in [0.29, 0.717) is 31.1 Å². The molecule has 2 aromatic heterocycles. The molecule has 8 heteroatoms.